The van der Waals surface area contributed by atoms with Gasteiger partial charge in [0.25, 0.3) is 5.91 Å². The highest BCUT2D eigenvalue weighted by Crippen LogP contribution is 2.43. The quantitative estimate of drug-likeness (QED) is 0.113. The lowest BCUT2D eigenvalue weighted by atomic mass is 9.69. The summed E-state index contributed by atoms with van der Waals surface area (Å²) in [6.45, 7) is 11.2. The van der Waals surface area contributed by atoms with Gasteiger partial charge in [-0.1, -0.05) is 61.9 Å². The van der Waals surface area contributed by atoms with Gasteiger partial charge in [-0.15, -0.1) is 0 Å². The molecule has 2 aromatic rings. The molecule has 0 radical (unpaired) electrons. The molecule has 2 atom stereocenters. The molecule has 50 heavy (non-hydrogen) atoms. The SMILES string of the molecule is C=C(CC/C=C\C1=CCCc2cc(C(=O)N(C)C)ccc2C1(CCNCC(=O)N(CCCC)C(C)C#N)C(N)=Nc1ccc(C)cc1)N(C)C. The van der Waals surface area contributed by atoms with Gasteiger partial charge in [0.15, 0.2) is 0 Å². The molecular formula is C41H57N7O2. The second-order valence-corrected chi connectivity index (χ2v) is 13.6. The van der Waals surface area contributed by atoms with E-state index >= 15 is 0 Å². The second kappa shape index (κ2) is 18.9. The molecular weight excluding hydrogens is 622 g/mol. The molecule has 0 bridgehead atoms. The Bertz CT molecular complexity index is 1610. The predicted octanol–water partition coefficient (Wildman–Crippen LogP) is 6.43. The van der Waals surface area contributed by atoms with Gasteiger partial charge < -0.3 is 25.8 Å². The smallest absolute Gasteiger partial charge is 0.253 e. The molecule has 0 aromatic heterocycles. The van der Waals surface area contributed by atoms with Crippen LogP contribution in [0.5, 0.6) is 0 Å². The summed E-state index contributed by atoms with van der Waals surface area (Å²) in [6.07, 6.45) is 12.0. The van der Waals surface area contributed by atoms with E-state index in [-0.39, 0.29) is 18.4 Å². The van der Waals surface area contributed by atoms with Crippen molar-refractivity contribution >= 4 is 23.3 Å². The highest BCUT2D eigenvalue weighted by molar-refractivity contribution is 5.99. The molecule has 1 aliphatic rings. The molecule has 2 aromatic carbocycles. The zero-order valence-electron chi connectivity index (χ0n) is 31.3. The van der Waals surface area contributed by atoms with Crippen molar-refractivity contribution in [2.75, 3.05) is 47.8 Å². The number of hydrogen-bond acceptors (Lipinski definition) is 6. The topological polar surface area (TPSA) is 118 Å². The Balaban J connectivity index is 2.13. The number of nitrogens with one attached hydrogen (secondary N) is 1. The van der Waals surface area contributed by atoms with E-state index in [1.807, 2.05) is 68.4 Å². The molecule has 2 amide bonds. The zero-order valence-corrected chi connectivity index (χ0v) is 31.3. The average molecular weight is 680 g/mol. The number of nitrogens with two attached hydrogens (primary N) is 1. The highest BCUT2D eigenvalue weighted by atomic mass is 16.2. The summed E-state index contributed by atoms with van der Waals surface area (Å²) in [5, 5.41) is 13.0. The Morgan fingerprint density at radius 1 is 1.14 bits per heavy atom. The van der Waals surface area contributed by atoms with Gasteiger partial charge in [-0.3, -0.25) is 9.59 Å². The average Bonchev–Trinajstić information content (AvgIpc) is 3.25. The summed E-state index contributed by atoms with van der Waals surface area (Å²) in [5.74, 6) is 0.283. The van der Waals surface area contributed by atoms with E-state index in [2.05, 4.69) is 43.1 Å². The van der Waals surface area contributed by atoms with Crippen LogP contribution in [0.25, 0.3) is 0 Å². The standard InChI is InChI=1S/C41H57N7O2/c1-9-10-26-48(32(4)28-42)38(49)29-44-25-24-41(40(43)45-36-21-18-30(2)19-22-36)35(16-12-11-14-31(3)46(5)6)17-13-15-33-27-34(20-23-37(33)41)39(50)47(7)8/h12,16-23,27,32,44H,3,9-11,13-15,24-26,29H2,1-2,4-8H3,(H2,43,45)/b16-12-. The number of nitrogens with zero attached hydrogens (tertiary/aromatic N) is 5. The lowest BCUT2D eigenvalue weighted by molar-refractivity contribution is -0.131. The monoisotopic (exact) mass is 679 g/mol. The number of benzene rings is 2. The van der Waals surface area contributed by atoms with Crippen LogP contribution in [0.1, 0.15) is 79.4 Å². The van der Waals surface area contributed by atoms with Crippen LogP contribution in [0, 0.1) is 18.3 Å². The summed E-state index contributed by atoms with van der Waals surface area (Å²) in [6, 6.07) is 15.6. The zero-order chi connectivity index (χ0) is 36.8. The number of carbonyl (C=O) groups is 2. The Kier molecular flexibility index (Phi) is 15.0. The lowest BCUT2D eigenvalue weighted by Crippen LogP contribution is -2.47. The minimum Gasteiger partial charge on any atom is -0.386 e. The molecule has 0 heterocycles. The van der Waals surface area contributed by atoms with E-state index in [0.29, 0.717) is 30.9 Å². The predicted molar refractivity (Wildman–Crippen MR) is 205 cm³/mol. The van der Waals surface area contributed by atoms with Gasteiger partial charge in [-0.05, 0) is 99.9 Å². The first-order chi connectivity index (χ1) is 23.8. The third kappa shape index (κ3) is 10.2. The molecule has 268 valence electrons. The Morgan fingerprint density at radius 3 is 2.50 bits per heavy atom. The minimum absolute atomic E-state index is 0.0578. The van der Waals surface area contributed by atoms with Crippen molar-refractivity contribution in [1.29, 1.82) is 5.26 Å². The summed E-state index contributed by atoms with van der Waals surface area (Å²) in [5.41, 5.74) is 13.0. The summed E-state index contributed by atoms with van der Waals surface area (Å²) < 4.78 is 0. The van der Waals surface area contributed by atoms with Gasteiger partial charge in [0, 0.05) is 46.0 Å². The third-order valence-electron chi connectivity index (χ3n) is 9.42. The van der Waals surface area contributed by atoms with Crippen LogP contribution in [0.4, 0.5) is 5.69 Å². The van der Waals surface area contributed by atoms with Crippen LogP contribution in [0.15, 0.2) is 83.5 Å². The van der Waals surface area contributed by atoms with Crippen LogP contribution >= 0.6 is 0 Å². The van der Waals surface area contributed by atoms with Crippen LogP contribution in [-0.2, 0) is 16.6 Å². The third-order valence-corrected chi connectivity index (χ3v) is 9.42. The largest absolute Gasteiger partial charge is 0.386 e. The summed E-state index contributed by atoms with van der Waals surface area (Å²) >= 11 is 0. The van der Waals surface area contributed by atoms with E-state index in [0.717, 1.165) is 72.2 Å². The van der Waals surface area contributed by atoms with Crippen molar-refractivity contribution in [3.05, 3.63) is 101 Å². The number of aliphatic imine (C=N–C) groups is 1. The van der Waals surface area contributed by atoms with Crippen LogP contribution in [0.2, 0.25) is 0 Å². The number of amides is 2. The second-order valence-electron chi connectivity index (χ2n) is 13.6. The molecule has 1 aliphatic carbocycles. The number of hydrogen-bond donors (Lipinski definition) is 2. The number of carbonyl (C=O) groups excluding carboxylic acids is 2. The first-order valence-corrected chi connectivity index (χ1v) is 17.7. The molecule has 0 fully saturated rings. The Labute approximate surface area is 300 Å². The molecule has 3 N–H and O–H groups in total. The van der Waals surface area contributed by atoms with E-state index in [9.17, 15) is 14.9 Å². The molecule has 0 aliphatic heterocycles. The van der Waals surface area contributed by atoms with E-state index in [1.54, 1.807) is 30.8 Å². The maximum atomic E-state index is 13.3. The molecule has 0 spiro atoms. The number of nitriles is 1. The molecule has 0 saturated heterocycles. The molecule has 2 unspecified atom stereocenters. The van der Waals surface area contributed by atoms with Crippen molar-refractivity contribution in [3.8, 4) is 6.07 Å². The van der Waals surface area contributed by atoms with Crippen molar-refractivity contribution < 1.29 is 9.59 Å². The van der Waals surface area contributed by atoms with Crippen LogP contribution in [-0.4, -0.2) is 86.2 Å². The molecule has 3 rings (SSSR count). The van der Waals surface area contributed by atoms with Gasteiger partial charge in [-0.2, -0.15) is 5.26 Å². The van der Waals surface area contributed by atoms with Crippen molar-refractivity contribution in [3.63, 3.8) is 0 Å². The minimum atomic E-state index is -0.858. The number of fused-ring (bicyclic) bond motifs is 1. The fourth-order valence-electron chi connectivity index (χ4n) is 6.27. The number of unbranched alkanes of at least 4 members (excludes halogenated alkanes) is 1. The van der Waals surface area contributed by atoms with E-state index in [4.69, 9.17) is 10.7 Å². The van der Waals surface area contributed by atoms with E-state index in [1.165, 1.54) is 0 Å². The summed E-state index contributed by atoms with van der Waals surface area (Å²) in [4.78, 5) is 36.7. The number of allylic oxidation sites excluding steroid dienone is 4. The number of aryl methyl sites for hydroxylation is 2. The first kappa shape index (κ1) is 39.8. The van der Waals surface area contributed by atoms with Gasteiger partial charge in [-0.25, -0.2) is 4.99 Å². The maximum Gasteiger partial charge on any atom is 0.253 e. The van der Waals surface area contributed by atoms with Crippen molar-refractivity contribution in [1.82, 2.24) is 20.0 Å². The Morgan fingerprint density at radius 2 is 1.86 bits per heavy atom. The lowest BCUT2D eigenvalue weighted by Gasteiger charge is -2.37. The number of amidine groups is 1. The van der Waals surface area contributed by atoms with Gasteiger partial charge in [0.2, 0.25) is 5.91 Å². The molecule has 9 heteroatoms. The molecule has 0 saturated carbocycles. The molecule has 9 nitrogen and oxygen atoms in total. The fraction of sp³-hybridized carbons (Fsp3) is 0.463. The van der Waals surface area contributed by atoms with Crippen LogP contribution < -0.4 is 11.1 Å². The van der Waals surface area contributed by atoms with Crippen molar-refractivity contribution in [2.24, 2.45) is 10.7 Å². The fourth-order valence-corrected chi connectivity index (χ4v) is 6.27. The van der Waals surface area contributed by atoms with Gasteiger partial charge in [0.05, 0.1) is 23.7 Å². The van der Waals surface area contributed by atoms with Gasteiger partial charge >= 0.3 is 0 Å². The number of rotatable bonds is 17. The van der Waals surface area contributed by atoms with E-state index < -0.39 is 11.5 Å². The van der Waals surface area contributed by atoms with Crippen LogP contribution in [0.3, 0.4) is 0 Å². The van der Waals surface area contributed by atoms with Gasteiger partial charge in [0.1, 0.15) is 11.9 Å². The first-order valence-electron chi connectivity index (χ1n) is 17.7. The Hall–Kier alpha value is -4.68. The van der Waals surface area contributed by atoms with Crippen molar-refractivity contribution in [2.45, 2.75) is 77.2 Å². The maximum absolute atomic E-state index is 13.3. The normalized spacial score (nSPS) is 16.5. The highest BCUT2D eigenvalue weighted by Gasteiger charge is 2.42. The summed E-state index contributed by atoms with van der Waals surface area (Å²) in [7, 11) is 7.52.